The van der Waals surface area contributed by atoms with Gasteiger partial charge in [0.1, 0.15) is 0 Å². The van der Waals surface area contributed by atoms with Crippen molar-refractivity contribution in [2.45, 2.75) is 10.8 Å². The highest BCUT2D eigenvalue weighted by Gasteiger charge is 2.43. The molecule has 0 aliphatic carbocycles. The minimum absolute atomic E-state index is 0.144. The van der Waals surface area contributed by atoms with Gasteiger partial charge in [0.05, 0.1) is 6.42 Å². The van der Waals surface area contributed by atoms with Crippen LogP contribution in [0.3, 0.4) is 0 Å². The summed E-state index contributed by atoms with van der Waals surface area (Å²) in [7, 11) is 0. The fourth-order valence-corrected chi connectivity index (χ4v) is 0.881. The first kappa shape index (κ1) is 6.83. The maximum Gasteiger partial charge on any atom is 0.263 e. The Morgan fingerprint density at radius 3 is 2.11 bits per heavy atom. The van der Waals surface area contributed by atoms with Crippen molar-refractivity contribution in [2.75, 3.05) is 0 Å². The zero-order valence-electron chi connectivity index (χ0n) is 4.28. The summed E-state index contributed by atoms with van der Waals surface area (Å²) in [6, 6.07) is 0. The van der Waals surface area contributed by atoms with Gasteiger partial charge in [0.2, 0.25) is 10.2 Å². The van der Waals surface area contributed by atoms with Gasteiger partial charge in [-0.1, -0.05) is 23.2 Å². The fraction of sp³-hybridized carbons (Fsp3) is 0.500. The van der Waals surface area contributed by atoms with Crippen LogP contribution in [0.5, 0.6) is 0 Å². The predicted molar refractivity (Wildman–Crippen MR) is 32.2 cm³/mol. The lowest BCUT2D eigenvalue weighted by Gasteiger charge is -2.02. The Morgan fingerprint density at radius 2 is 2.00 bits per heavy atom. The second-order valence-corrected chi connectivity index (χ2v) is 3.24. The maximum absolute atomic E-state index is 10.5. The second-order valence-electron chi connectivity index (χ2n) is 1.76. The molecule has 0 radical (unpaired) electrons. The maximum atomic E-state index is 10.5. The van der Waals surface area contributed by atoms with Gasteiger partial charge in [-0.15, -0.1) is 0 Å². The molecule has 2 amide bonds. The number of hydrogen-bond acceptors (Lipinski definition) is 2. The van der Waals surface area contributed by atoms with Crippen molar-refractivity contribution >= 4 is 35.0 Å². The van der Waals surface area contributed by atoms with Crippen LogP contribution in [-0.4, -0.2) is 16.1 Å². The van der Waals surface area contributed by atoms with Crippen LogP contribution in [0.2, 0.25) is 0 Å². The van der Waals surface area contributed by atoms with E-state index in [1.165, 1.54) is 0 Å². The van der Waals surface area contributed by atoms with E-state index in [0.29, 0.717) is 0 Å². The van der Waals surface area contributed by atoms with Crippen molar-refractivity contribution in [1.29, 1.82) is 0 Å². The summed E-state index contributed by atoms with van der Waals surface area (Å²) in [5, 5.41) is 1.97. The Labute approximate surface area is 61.3 Å². The van der Waals surface area contributed by atoms with Crippen molar-refractivity contribution in [1.82, 2.24) is 5.32 Å². The molecule has 1 aliphatic rings. The molecular formula is C4H3Cl2NO2. The molecule has 1 saturated heterocycles. The molecule has 5 heteroatoms. The summed E-state index contributed by atoms with van der Waals surface area (Å²) < 4.78 is -1.53. The third kappa shape index (κ3) is 1.17. The monoisotopic (exact) mass is 167 g/mol. The lowest BCUT2D eigenvalue weighted by molar-refractivity contribution is -0.124. The van der Waals surface area contributed by atoms with Crippen LogP contribution < -0.4 is 5.32 Å². The number of rotatable bonds is 0. The van der Waals surface area contributed by atoms with Crippen LogP contribution in [0, 0.1) is 0 Å². The number of nitrogens with one attached hydrogen (secondary N) is 1. The van der Waals surface area contributed by atoms with Crippen LogP contribution in [-0.2, 0) is 9.59 Å². The van der Waals surface area contributed by atoms with Gasteiger partial charge in [0.15, 0.2) is 0 Å². The number of carbonyl (C=O) groups excluding carboxylic acids is 2. The smallest absolute Gasteiger partial charge is 0.263 e. The normalized spacial score (nSPS) is 24.2. The first-order chi connectivity index (χ1) is 4.02. The van der Waals surface area contributed by atoms with Crippen LogP contribution >= 0.6 is 23.2 Å². The molecule has 1 rings (SSSR count). The van der Waals surface area contributed by atoms with Gasteiger partial charge in [0, 0.05) is 0 Å². The molecule has 3 nitrogen and oxygen atoms in total. The topological polar surface area (TPSA) is 46.2 Å². The van der Waals surface area contributed by atoms with E-state index in [4.69, 9.17) is 23.2 Å². The lowest BCUT2D eigenvalue weighted by atomic mass is 10.3. The first-order valence-electron chi connectivity index (χ1n) is 2.24. The summed E-state index contributed by atoms with van der Waals surface area (Å²) >= 11 is 10.7. The summed E-state index contributed by atoms with van der Waals surface area (Å²) in [6.07, 6.45) is -0.144. The molecule has 0 aromatic carbocycles. The minimum Gasteiger partial charge on any atom is -0.294 e. The lowest BCUT2D eigenvalue weighted by Crippen LogP contribution is -2.27. The van der Waals surface area contributed by atoms with E-state index in [9.17, 15) is 9.59 Å². The SMILES string of the molecule is O=C1CC(Cl)(Cl)C(=O)N1. The molecule has 1 N–H and O–H groups in total. The number of imide groups is 1. The number of hydrogen-bond donors (Lipinski definition) is 1. The van der Waals surface area contributed by atoms with Crippen LogP contribution in [0.15, 0.2) is 0 Å². The van der Waals surface area contributed by atoms with Gasteiger partial charge in [-0.05, 0) is 0 Å². The highest BCUT2D eigenvalue weighted by atomic mass is 35.5. The van der Waals surface area contributed by atoms with E-state index < -0.39 is 16.1 Å². The largest absolute Gasteiger partial charge is 0.294 e. The van der Waals surface area contributed by atoms with Gasteiger partial charge in [0.25, 0.3) is 5.91 Å². The number of amides is 2. The highest BCUT2D eigenvalue weighted by molar-refractivity contribution is 6.60. The average Bonchev–Trinajstić information content (AvgIpc) is 1.79. The highest BCUT2D eigenvalue weighted by Crippen LogP contribution is 2.29. The van der Waals surface area contributed by atoms with Crippen molar-refractivity contribution in [3.63, 3.8) is 0 Å². The summed E-state index contributed by atoms with van der Waals surface area (Å²) in [4.78, 5) is 20.9. The Bertz CT molecular complexity index is 177. The standard InChI is InChI=1S/C4H3Cl2NO2/c5-4(6)1-2(8)7-3(4)9/h1H2,(H,7,8,9). The fourth-order valence-electron chi connectivity index (χ4n) is 0.544. The third-order valence-electron chi connectivity index (χ3n) is 0.968. The number of alkyl halides is 2. The Hall–Kier alpha value is -0.280. The van der Waals surface area contributed by atoms with Crippen molar-refractivity contribution in [3.8, 4) is 0 Å². The summed E-state index contributed by atoms with van der Waals surface area (Å²) in [5.41, 5.74) is 0. The van der Waals surface area contributed by atoms with E-state index in [2.05, 4.69) is 0 Å². The van der Waals surface area contributed by atoms with Crippen LogP contribution in [0.1, 0.15) is 6.42 Å². The van der Waals surface area contributed by atoms with Crippen molar-refractivity contribution in [3.05, 3.63) is 0 Å². The van der Waals surface area contributed by atoms with E-state index in [0.717, 1.165) is 0 Å². The molecule has 0 spiro atoms. The quantitative estimate of drug-likeness (QED) is 0.415. The van der Waals surface area contributed by atoms with E-state index in [1.807, 2.05) is 5.32 Å². The molecule has 0 aromatic heterocycles. The van der Waals surface area contributed by atoms with Gasteiger partial charge < -0.3 is 0 Å². The molecule has 9 heavy (non-hydrogen) atoms. The minimum atomic E-state index is -1.53. The van der Waals surface area contributed by atoms with Crippen LogP contribution in [0.4, 0.5) is 0 Å². The number of carbonyl (C=O) groups is 2. The van der Waals surface area contributed by atoms with Crippen LogP contribution in [0.25, 0.3) is 0 Å². The molecule has 1 aliphatic heterocycles. The van der Waals surface area contributed by atoms with Gasteiger partial charge >= 0.3 is 0 Å². The van der Waals surface area contributed by atoms with E-state index in [-0.39, 0.29) is 6.42 Å². The number of halogens is 2. The van der Waals surface area contributed by atoms with E-state index in [1.54, 1.807) is 0 Å². The molecule has 0 unspecified atom stereocenters. The molecule has 1 heterocycles. The molecule has 0 aromatic rings. The molecule has 0 bridgehead atoms. The van der Waals surface area contributed by atoms with E-state index >= 15 is 0 Å². The Morgan fingerprint density at radius 1 is 1.44 bits per heavy atom. The summed E-state index contributed by atoms with van der Waals surface area (Å²) in [6.45, 7) is 0. The second kappa shape index (κ2) is 1.85. The molecule has 0 saturated carbocycles. The van der Waals surface area contributed by atoms with Gasteiger partial charge in [-0.2, -0.15) is 0 Å². The Balaban J connectivity index is 2.81. The molecular weight excluding hydrogens is 165 g/mol. The van der Waals surface area contributed by atoms with Gasteiger partial charge in [-0.3, -0.25) is 14.9 Å². The predicted octanol–water partition coefficient (Wildman–Crippen LogP) is 0.207. The molecule has 0 atom stereocenters. The first-order valence-corrected chi connectivity index (χ1v) is 3.00. The van der Waals surface area contributed by atoms with Crippen molar-refractivity contribution in [2.24, 2.45) is 0 Å². The molecule has 50 valence electrons. The Kier molecular flexibility index (Phi) is 1.41. The zero-order chi connectivity index (χ0) is 7.07. The van der Waals surface area contributed by atoms with Crippen molar-refractivity contribution < 1.29 is 9.59 Å². The average molecular weight is 168 g/mol. The molecule has 1 fully saturated rings. The van der Waals surface area contributed by atoms with Gasteiger partial charge in [-0.25, -0.2) is 0 Å². The summed E-state index contributed by atoms with van der Waals surface area (Å²) in [5.74, 6) is -1.05. The zero-order valence-corrected chi connectivity index (χ0v) is 5.79. The third-order valence-corrected chi connectivity index (χ3v) is 1.58.